The second-order valence-corrected chi connectivity index (χ2v) is 4.58. The maximum atomic E-state index is 11.5. The Hall–Kier alpha value is -1.10. The lowest BCUT2D eigenvalue weighted by Crippen LogP contribution is -2.40. The molecule has 0 aliphatic heterocycles. The number of amides is 2. The number of nitrogens with one attached hydrogen (secondary N) is 1. The van der Waals surface area contributed by atoms with Crippen LogP contribution in [-0.2, 0) is 9.59 Å². The van der Waals surface area contributed by atoms with Crippen LogP contribution in [0.1, 0.15) is 33.6 Å². The van der Waals surface area contributed by atoms with E-state index in [4.69, 9.17) is 10.8 Å². The van der Waals surface area contributed by atoms with E-state index in [1.54, 1.807) is 6.92 Å². The Morgan fingerprint density at radius 2 is 1.88 bits per heavy atom. The molecule has 0 aromatic heterocycles. The molecular formula is C11H22N2O3. The van der Waals surface area contributed by atoms with Gasteiger partial charge in [-0.2, -0.15) is 0 Å². The lowest BCUT2D eigenvalue weighted by Gasteiger charge is -2.18. The van der Waals surface area contributed by atoms with Crippen molar-refractivity contribution in [2.45, 2.75) is 39.7 Å². The Labute approximate surface area is 96.4 Å². The molecule has 0 aromatic rings. The van der Waals surface area contributed by atoms with Crippen molar-refractivity contribution < 1.29 is 14.7 Å². The summed E-state index contributed by atoms with van der Waals surface area (Å²) in [6, 6.07) is -0.243. The molecule has 0 heterocycles. The number of nitrogens with two attached hydrogens (primary N) is 1. The van der Waals surface area contributed by atoms with Crippen molar-refractivity contribution in [2.24, 2.45) is 17.6 Å². The number of primary amides is 1. The normalized spacial score (nSPS) is 14.6. The van der Waals surface area contributed by atoms with Crippen molar-refractivity contribution in [1.29, 1.82) is 0 Å². The van der Waals surface area contributed by atoms with Crippen molar-refractivity contribution in [3.05, 3.63) is 0 Å². The minimum absolute atomic E-state index is 0.0733. The predicted molar refractivity (Wildman–Crippen MR) is 61.4 cm³/mol. The molecule has 0 aliphatic rings. The molecule has 4 N–H and O–H groups in total. The molecule has 0 bridgehead atoms. The Kier molecular flexibility index (Phi) is 6.72. The fourth-order valence-corrected chi connectivity index (χ4v) is 1.41. The third-order valence-corrected chi connectivity index (χ3v) is 2.32. The fourth-order valence-electron chi connectivity index (χ4n) is 1.41. The fraction of sp³-hybridized carbons (Fsp3) is 0.818. The molecule has 5 heteroatoms. The lowest BCUT2D eigenvalue weighted by molar-refractivity contribution is -0.128. The first-order valence-electron chi connectivity index (χ1n) is 5.56. The second kappa shape index (κ2) is 7.22. The maximum absolute atomic E-state index is 11.5. The summed E-state index contributed by atoms with van der Waals surface area (Å²) < 4.78 is 0. The summed E-state index contributed by atoms with van der Waals surface area (Å²) in [7, 11) is 0. The second-order valence-electron chi connectivity index (χ2n) is 4.58. The van der Waals surface area contributed by atoms with E-state index in [9.17, 15) is 9.59 Å². The third kappa shape index (κ3) is 6.40. The van der Waals surface area contributed by atoms with Gasteiger partial charge in [0.2, 0.25) is 11.8 Å². The highest BCUT2D eigenvalue weighted by atomic mass is 16.3. The van der Waals surface area contributed by atoms with Gasteiger partial charge in [0.05, 0.1) is 12.6 Å². The van der Waals surface area contributed by atoms with E-state index in [0.29, 0.717) is 12.3 Å². The molecule has 0 unspecified atom stereocenters. The average Bonchev–Trinajstić information content (AvgIpc) is 2.15. The highest BCUT2D eigenvalue weighted by Gasteiger charge is 2.17. The Balaban J connectivity index is 4.05. The van der Waals surface area contributed by atoms with E-state index < -0.39 is 11.8 Å². The Morgan fingerprint density at radius 3 is 2.25 bits per heavy atom. The van der Waals surface area contributed by atoms with Crippen LogP contribution < -0.4 is 11.1 Å². The smallest absolute Gasteiger partial charge is 0.221 e. The lowest BCUT2D eigenvalue weighted by atomic mass is 10.0. The van der Waals surface area contributed by atoms with Gasteiger partial charge in [-0.25, -0.2) is 0 Å². The summed E-state index contributed by atoms with van der Waals surface area (Å²) in [6.07, 6.45) is 0.789. The van der Waals surface area contributed by atoms with Crippen molar-refractivity contribution in [2.75, 3.05) is 6.61 Å². The van der Waals surface area contributed by atoms with Crippen LogP contribution in [0.3, 0.4) is 0 Å². The van der Waals surface area contributed by atoms with Crippen LogP contribution in [0.25, 0.3) is 0 Å². The highest BCUT2D eigenvalue weighted by Crippen LogP contribution is 2.06. The van der Waals surface area contributed by atoms with E-state index in [1.807, 2.05) is 13.8 Å². The first-order chi connectivity index (χ1) is 7.36. The van der Waals surface area contributed by atoms with Gasteiger partial charge in [0, 0.05) is 12.3 Å². The van der Waals surface area contributed by atoms with E-state index in [2.05, 4.69) is 5.32 Å². The molecule has 0 aliphatic carbocycles. The van der Waals surface area contributed by atoms with Gasteiger partial charge in [0.25, 0.3) is 0 Å². The minimum atomic E-state index is -0.487. The van der Waals surface area contributed by atoms with Crippen LogP contribution in [0, 0.1) is 11.8 Å². The molecule has 94 valence electrons. The van der Waals surface area contributed by atoms with Gasteiger partial charge in [-0.05, 0) is 12.3 Å². The molecule has 5 nitrogen and oxygen atoms in total. The predicted octanol–water partition coefficient (Wildman–Crippen LogP) is 0.0211. The van der Waals surface area contributed by atoms with Crippen LogP contribution >= 0.6 is 0 Å². The number of hydrogen-bond donors (Lipinski definition) is 3. The number of aliphatic hydroxyl groups is 1. The molecule has 0 saturated carbocycles. The summed E-state index contributed by atoms with van der Waals surface area (Å²) in [4.78, 5) is 22.2. The van der Waals surface area contributed by atoms with Crippen molar-refractivity contribution in [1.82, 2.24) is 5.32 Å². The van der Waals surface area contributed by atoms with Crippen molar-refractivity contribution in [3.63, 3.8) is 0 Å². The standard InChI is InChI=1S/C11H22N2O3/c1-7(2)4-9(6-14)13-10(15)5-8(3)11(12)16/h7-9,14H,4-6H2,1-3H3,(H2,12,16)(H,13,15)/t8-,9-/m0/s1. The Morgan fingerprint density at radius 1 is 1.31 bits per heavy atom. The van der Waals surface area contributed by atoms with Gasteiger partial charge in [-0.15, -0.1) is 0 Å². The topological polar surface area (TPSA) is 92.4 Å². The monoisotopic (exact) mass is 230 g/mol. The van der Waals surface area contributed by atoms with Crippen molar-refractivity contribution >= 4 is 11.8 Å². The summed E-state index contributed by atoms with van der Waals surface area (Å²) in [6.45, 7) is 5.55. The number of carbonyl (C=O) groups excluding carboxylic acids is 2. The van der Waals surface area contributed by atoms with Crippen LogP contribution in [0.5, 0.6) is 0 Å². The molecule has 0 spiro atoms. The molecule has 0 aromatic carbocycles. The van der Waals surface area contributed by atoms with E-state index in [1.165, 1.54) is 0 Å². The molecule has 2 amide bonds. The van der Waals surface area contributed by atoms with Crippen LogP contribution in [0.4, 0.5) is 0 Å². The van der Waals surface area contributed by atoms with Crippen molar-refractivity contribution in [3.8, 4) is 0 Å². The number of rotatable bonds is 7. The summed E-state index contributed by atoms with van der Waals surface area (Å²) in [5.74, 6) is -0.810. The molecule has 16 heavy (non-hydrogen) atoms. The molecule has 0 radical (unpaired) electrons. The zero-order chi connectivity index (χ0) is 12.7. The molecular weight excluding hydrogens is 208 g/mol. The summed E-state index contributed by atoms with van der Waals surface area (Å²) in [5, 5.41) is 11.7. The van der Waals surface area contributed by atoms with E-state index in [-0.39, 0.29) is 25.0 Å². The first kappa shape index (κ1) is 14.9. The molecule has 0 saturated heterocycles. The van der Waals surface area contributed by atoms with E-state index in [0.717, 1.165) is 0 Å². The third-order valence-electron chi connectivity index (χ3n) is 2.32. The summed E-state index contributed by atoms with van der Waals surface area (Å²) in [5.41, 5.74) is 5.06. The SMILES string of the molecule is CC(C)C[C@@H](CO)NC(=O)C[C@H](C)C(N)=O. The minimum Gasteiger partial charge on any atom is -0.394 e. The van der Waals surface area contributed by atoms with Gasteiger partial charge < -0.3 is 16.2 Å². The molecule has 0 fully saturated rings. The zero-order valence-corrected chi connectivity index (χ0v) is 10.2. The molecule has 0 rings (SSSR count). The van der Waals surface area contributed by atoms with E-state index >= 15 is 0 Å². The molecule has 2 atom stereocenters. The Bertz CT molecular complexity index is 241. The average molecular weight is 230 g/mol. The van der Waals surface area contributed by atoms with Crippen LogP contribution in [0.2, 0.25) is 0 Å². The summed E-state index contributed by atoms with van der Waals surface area (Å²) >= 11 is 0. The van der Waals surface area contributed by atoms with Gasteiger partial charge >= 0.3 is 0 Å². The number of carbonyl (C=O) groups is 2. The number of hydrogen-bond acceptors (Lipinski definition) is 3. The largest absolute Gasteiger partial charge is 0.394 e. The van der Waals surface area contributed by atoms with Gasteiger partial charge in [-0.3, -0.25) is 9.59 Å². The maximum Gasteiger partial charge on any atom is 0.221 e. The quantitative estimate of drug-likeness (QED) is 0.575. The van der Waals surface area contributed by atoms with Gasteiger partial charge in [0.1, 0.15) is 0 Å². The zero-order valence-electron chi connectivity index (χ0n) is 10.2. The van der Waals surface area contributed by atoms with Crippen LogP contribution in [0.15, 0.2) is 0 Å². The van der Waals surface area contributed by atoms with Gasteiger partial charge in [-0.1, -0.05) is 20.8 Å². The van der Waals surface area contributed by atoms with Gasteiger partial charge in [0.15, 0.2) is 0 Å². The number of aliphatic hydroxyl groups excluding tert-OH is 1. The first-order valence-corrected chi connectivity index (χ1v) is 5.56. The highest BCUT2D eigenvalue weighted by molar-refractivity contribution is 5.84. The van der Waals surface area contributed by atoms with Crippen LogP contribution in [-0.4, -0.2) is 29.6 Å².